The standard InChI is InChI=1S/C11H7ClFNO3/c1-5-8(11(15)16)10(14-17-5)9-6(12)3-2-4-7(9)13/h2-4H,1H3,(H,15,16)/p-1. The number of hydrogen-bond acceptors (Lipinski definition) is 4. The molecule has 0 fully saturated rings. The number of rotatable bonds is 2. The zero-order valence-corrected chi connectivity index (χ0v) is 9.42. The first-order chi connectivity index (χ1) is 8.02. The van der Waals surface area contributed by atoms with E-state index in [9.17, 15) is 14.3 Å². The lowest BCUT2D eigenvalue weighted by atomic mass is 10.1. The predicted molar refractivity (Wildman–Crippen MR) is 56.0 cm³/mol. The summed E-state index contributed by atoms with van der Waals surface area (Å²) in [5.41, 5.74) is -0.562. The van der Waals surface area contributed by atoms with Gasteiger partial charge in [-0.15, -0.1) is 0 Å². The number of aromatic carboxylic acids is 1. The van der Waals surface area contributed by atoms with Crippen molar-refractivity contribution in [3.8, 4) is 11.3 Å². The van der Waals surface area contributed by atoms with Crippen LogP contribution in [0.1, 0.15) is 16.1 Å². The van der Waals surface area contributed by atoms with Gasteiger partial charge in [-0.2, -0.15) is 0 Å². The smallest absolute Gasteiger partial charge is 0.143 e. The van der Waals surface area contributed by atoms with Gasteiger partial charge in [-0.25, -0.2) is 4.39 Å². The van der Waals surface area contributed by atoms with E-state index < -0.39 is 11.8 Å². The maximum absolute atomic E-state index is 13.6. The van der Waals surface area contributed by atoms with E-state index in [1.807, 2.05) is 0 Å². The summed E-state index contributed by atoms with van der Waals surface area (Å²) in [4.78, 5) is 10.9. The maximum atomic E-state index is 13.6. The molecule has 0 spiro atoms. The van der Waals surface area contributed by atoms with Gasteiger partial charge in [0.2, 0.25) is 0 Å². The van der Waals surface area contributed by atoms with Crippen molar-refractivity contribution in [2.75, 3.05) is 0 Å². The summed E-state index contributed by atoms with van der Waals surface area (Å²) >= 11 is 5.81. The number of nitrogens with zero attached hydrogens (tertiary/aromatic N) is 1. The summed E-state index contributed by atoms with van der Waals surface area (Å²) in [5, 5.41) is 14.5. The largest absolute Gasteiger partial charge is 0.545 e. The minimum absolute atomic E-state index is 0.0410. The van der Waals surface area contributed by atoms with Gasteiger partial charge in [0, 0.05) is 0 Å². The van der Waals surface area contributed by atoms with Crippen LogP contribution < -0.4 is 5.11 Å². The fourth-order valence-electron chi connectivity index (χ4n) is 1.51. The number of carboxylic acids is 1. The van der Waals surface area contributed by atoms with Crippen LogP contribution in [-0.4, -0.2) is 11.1 Å². The second-order valence-corrected chi connectivity index (χ2v) is 3.75. The molecule has 0 unspecified atom stereocenters. The summed E-state index contributed by atoms with van der Waals surface area (Å²) in [6.07, 6.45) is 0. The molecule has 1 aromatic heterocycles. The second-order valence-electron chi connectivity index (χ2n) is 3.35. The molecular weight excluding hydrogens is 249 g/mol. The Bertz CT molecular complexity index is 574. The summed E-state index contributed by atoms with van der Waals surface area (Å²) in [6, 6.07) is 4.00. The molecule has 4 nitrogen and oxygen atoms in total. The van der Waals surface area contributed by atoms with Crippen LogP contribution >= 0.6 is 11.6 Å². The Morgan fingerprint density at radius 2 is 2.24 bits per heavy atom. The lowest BCUT2D eigenvalue weighted by Gasteiger charge is -2.05. The van der Waals surface area contributed by atoms with Gasteiger partial charge >= 0.3 is 0 Å². The summed E-state index contributed by atoms with van der Waals surface area (Å²) in [5.74, 6) is -2.12. The second kappa shape index (κ2) is 4.18. The molecule has 88 valence electrons. The van der Waals surface area contributed by atoms with Gasteiger partial charge in [-0.3, -0.25) is 0 Å². The van der Waals surface area contributed by atoms with Crippen molar-refractivity contribution in [1.29, 1.82) is 0 Å². The Balaban J connectivity index is 2.73. The minimum Gasteiger partial charge on any atom is -0.545 e. The summed E-state index contributed by atoms with van der Waals surface area (Å²) < 4.78 is 18.3. The number of carboxylic acid groups (broad SMARTS) is 1. The van der Waals surface area contributed by atoms with E-state index in [0.717, 1.165) is 6.07 Å². The average molecular weight is 255 g/mol. The maximum Gasteiger partial charge on any atom is 0.143 e. The van der Waals surface area contributed by atoms with E-state index in [1.165, 1.54) is 19.1 Å². The highest BCUT2D eigenvalue weighted by Crippen LogP contribution is 2.32. The first-order valence-corrected chi connectivity index (χ1v) is 5.02. The van der Waals surface area contributed by atoms with Gasteiger partial charge in [-0.05, 0) is 19.1 Å². The third-order valence-electron chi connectivity index (χ3n) is 2.27. The van der Waals surface area contributed by atoms with E-state index in [4.69, 9.17) is 16.1 Å². The van der Waals surface area contributed by atoms with Crippen LogP contribution in [0.5, 0.6) is 0 Å². The van der Waals surface area contributed by atoms with E-state index in [0.29, 0.717) is 0 Å². The van der Waals surface area contributed by atoms with Crippen molar-refractivity contribution in [2.45, 2.75) is 6.92 Å². The number of aryl methyl sites for hydroxylation is 1. The highest BCUT2D eigenvalue weighted by molar-refractivity contribution is 6.33. The van der Waals surface area contributed by atoms with Crippen molar-refractivity contribution >= 4 is 17.6 Å². The lowest BCUT2D eigenvalue weighted by molar-refractivity contribution is -0.255. The molecule has 0 N–H and O–H groups in total. The molecule has 0 atom stereocenters. The Labute approximate surface area is 101 Å². The monoisotopic (exact) mass is 254 g/mol. The molecular formula is C11H6ClFNO3-. The van der Waals surface area contributed by atoms with Gasteiger partial charge in [0.05, 0.1) is 22.1 Å². The van der Waals surface area contributed by atoms with Gasteiger partial charge in [0.15, 0.2) is 0 Å². The zero-order valence-electron chi connectivity index (χ0n) is 8.66. The molecule has 0 radical (unpaired) electrons. The molecule has 0 aliphatic rings. The topological polar surface area (TPSA) is 66.2 Å². The van der Waals surface area contributed by atoms with Crippen molar-refractivity contribution in [3.05, 3.63) is 40.4 Å². The van der Waals surface area contributed by atoms with E-state index in [-0.39, 0.29) is 27.6 Å². The van der Waals surface area contributed by atoms with Crippen LogP contribution in [0.15, 0.2) is 22.7 Å². The van der Waals surface area contributed by atoms with Crippen LogP contribution in [0.3, 0.4) is 0 Å². The number of carbonyl (C=O) groups is 1. The molecule has 17 heavy (non-hydrogen) atoms. The number of carbonyl (C=O) groups excluding carboxylic acids is 1. The lowest BCUT2D eigenvalue weighted by Crippen LogP contribution is -2.23. The van der Waals surface area contributed by atoms with Crippen LogP contribution in [0.25, 0.3) is 11.3 Å². The number of aromatic nitrogens is 1. The van der Waals surface area contributed by atoms with Gasteiger partial charge in [0.25, 0.3) is 0 Å². The molecule has 0 aliphatic carbocycles. The fourth-order valence-corrected chi connectivity index (χ4v) is 1.76. The van der Waals surface area contributed by atoms with Crippen LogP contribution in [0.2, 0.25) is 5.02 Å². The average Bonchev–Trinajstić information content (AvgIpc) is 2.60. The first kappa shape index (κ1) is 11.6. The number of hydrogen-bond donors (Lipinski definition) is 0. The SMILES string of the molecule is Cc1onc(-c2c(F)cccc2Cl)c1C(=O)[O-]. The first-order valence-electron chi connectivity index (χ1n) is 4.64. The molecule has 0 aliphatic heterocycles. The van der Waals surface area contributed by atoms with Crippen LogP contribution in [0.4, 0.5) is 4.39 Å². The third-order valence-corrected chi connectivity index (χ3v) is 2.58. The van der Waals surface area contributed by atoms with Crippen LogP contribution in [0, 0.1) is 12.7 Å². The Morgan fingerprint density at radius 3 is 2.82 bits per heavy atom. The molecule has 0 saturated carbocycles. The molecule has 2 aromatic rings. The molecule has 2 rings (SSSR count). The zero-order chi connectivity index (χ0) is 12.6. The summed E-state index contributed by atoms with van der Waals surface area (Å²) in [6.45, 7) is 1.40. The van der Waals surface area contributed by atoms with Gasteiger partial charge in [-0.1, -0.05) is 22.8 Å². The molecule has 1 aromatic carbocycles. The third kappa shape index (κ3) is 1.89. The molecule has 0 amide bonds. The van der Waals surface area contributed by atoms with Crippen molar-refractivity contribution < 1.29 is 18.8 Å². The van der Waals surface area contributed by atoms with Crippen molar-refractivity contribution in [2.24, 2.45) is 0 Å². The molecule has 1 heterocycles. The van der Waals surface area contributed by atoms with Crippen molar-refractivity contribution in [1.82, 2.24) is 5.16 Å². The summed E-state index contributed by atoms with van der Waals surface area (Å²) in [7, 11) is 0. The predicted octanol–water partition coefficient (Wildman–Crippen LogP) is 1.81. The van der Waals surface area contributed by atoms with E-state index in [1.54, 1.807) is 0 Å². The van der Waals surface area contributed by atoms with Gasteiger partial charge in [0.1, 0.15) is 17.3 Å². The number of halogens is 2. The molecule has 6 heteroatoms. The van der Waals surface area contributed by atoms with Crippen molar-refractivity contribution in [3.63, 3.8) is 0 Å². The fraction of sp³-hybridized carbons (Fsp3) is 0.0909. The Morgan fingerprint density at radius 1 is 1.53 bits per heavy atom. The van der Waals surface area contributed by atoms with E-state index in [2.05, 4.69) is 5.16 Å². The Kier molecular flexibility index (Phi) is 2.85. The van der Waals surface area contributed by atoms with E-state index >= 15 is 0 Å². The quantitative estimate of drug-likeness (QED) is 0.820. The molecule has 0 bridgehead atoms. The Hall–Kier alpha value is -1.88. The highest BCUT2D eigenvalue weighted by atomic mass is 35.5. The number of benzene rings is 1. The van der Waals surface area contributed by atoms with Gasteiger partial charge < -0.3 is 14.4 Å². The molecule has 0 saturated heterocycles. The van der Waals surface area contributed by atoms with Crippen LogP contribution in [-0.2, 0) is 0 Å². The highest BCUT2D eigenvalue weighted by Gasteiger charge is 2.20. The normalized spacial score (nSPS) is 10.5. The minimum atomic E-state index is -1.49.